The summed E-state index contributed by atoms with van der Waals surface area (Å²) in [6, 6.07) is 6.27. The third-order valence-corrected chi connectivity index (χ3v) is 5.57. The van der Waals surface area contributed by atoms with Crippen molar-refractivity contribution in [3.63, 3.8) is 0 Å². The maximum absolute atomic E-state index is 12.7. The number of hydrogen-bond acceptors (Lipinski definition) is 3. The maximum Gasteiger partial charge on any atom is 0.226 e. The molecule has 0 N–H and O–H groups in total. The van der Waals surface area contributed by atoms with Crippen LogP contribution < -0.4 is 0 Å². The Labute approximate surface area is 122 Å². The summed E-state index contributed by atoms with van der Waals surface area (Å²) in [6.45, 7) is 3.00. The number of carbonyl (C=O) groups excluding carboxylic acids is 1. The molecule has 2 aromatic rings. The van der Waals surface area contributed by atoms with E-state index < -0.39 is 0 Å². The van der Waals surface area contributed by atoms with Crippen molar-refractivity contribution < 1.29 is 9.21 Å². The van der Waals surface area contributed by atoms with Gasteiger partial charge in [0, 0.05) is 23.3 Å². The highest BCUT2D eigenvalue weighted by atomic mass is 32.1. The Bertz CT molecular complexity index is 631. The molecule has 4 heteroatoms. The zero-order valence-corrected chi connectivity index (χ0v) is 12.2. The fourth-order valence-electron chi connectivity index (χ4n) is 3.31. The third-order valence-electron chi connectivity index (χ3n) is 4.58. The summed E-state index contributed by atoms with van der Waals surface area (Å²) in [5.74, 6) is 1.69. The summed E-state index contributed by atoms with van der Waals surface area (Å²) in [4.78, 5) is 16.2. The monoisotopic (exact) mass is 287 g/mol. The summed E-state index contributed by atoms with van der Waals surface area (Å²) in [7, 11) is 0. The average molecular weight is 287 g/mol. The van der Waals surface area contributed by atoms with Crippen LogP contribution in [0.1, 0.15) is 41.5 Å². The van der Waals surface area contributed by atoms with Gasteiger partial charge in [0.1, 0.15) is 5.76 Å². The molecule has 0 radical (unpaired) electrons. The van der Waals surface area contributed by atoms with Crippen LogP contribution in [-0.4, -0.2) is 17.4 Å². The number of carbonyl (C=O) groups is 1. The van der Waals surface area contributed by atoms with E-state index in [0.717, 1.165) is 25.1 Å². The second kappa shape index (κ2) is 4.48. The topological polar surface area (TPSA) is 33.5 Å². The van der Waals surface area contributed by atoms with Crippen LogP contribution in [0.15, 0.2) is 34.3 Å². The average Bonchev–Trinajstić information content (AvgIpc) is 2.91. The van der Waals surface area contributed by atoms with Gasteiger partial charge in [-0.3, -0.25) is 4.79 Å². The third kappa shape index (κ3) is 1.82. The van der Waals surface area contributed by atoms with Crippen LogP contribution >= 0.6 is 11.3 Å². The highest BCUT2D eigenvalue weighted by Crippen LogP contribution is 2.49. The van der Waals surface area contributed by atoms with E-state index in [2.05, 4.69) is 23.3 Å². The Morgan fingerprint density at radius 2 is 2.35 bits per heavy atom. The van der Waals surface area contributed by atoms with Crippen molar-refractivity contribution in [1.82, 2.24) is 4.90 Å². The Kier molecular flexibility index (Phi) is 2.74. The molecule has 20 heavy (non-hydrogen) atoms. The lowest BCUT2D eigenvalue weighted by atomic mass is 10.0. The predicted molar refractivity (Wildman–Crippen MR) is 77.7 cm³/mol. The molecule has 3 atom stereocenters. The summed E-state index contributed by atoms with van der Waals surface area (Å²) in [5, 5.41) is 2.14. The van der Waals surface area contributed by atoms with E-state index in [1.165, 1.54) is 10.4 Å². The predicted octanol–water partition coefficient (Wildman–Crippen LogP) is 3.59. The van der Waals surface area contributed by atoms with Gasteiger partial charge in [0.05, 0.1) is 12.3 Å². The Morgan fingerprint density at radius 1 is 1.45 bits per heavy atom. The molecule has 1 aliphatic heterocycles. The minimum absolute atomic E-state index is 0.129. The van der Waals surface area contributed by atoms with E-state index >= 15 is 0 Å². The maximum atomic E-state index is 12.7. The molecule has 0 aromatic carbocycles. The first-order chi connectivity index (χ1) is 9.75. The zero-order chi connectivity index (χ0) is 13.7. The van der Waals surface area contributed by atoms with Gasteiger partial charge >= 0.3 is 0 Å². The molecule has 3 heterocycles. The van der Waals surface area contributed by atoms with Gasteiger partial charge < -0.3 is 9.32 Å². The molecule has 2 aliphatic rings. The molecule has 3 nitrogen and oxygen atoms in total. The van der Waals surface area contributed by atoms with Crippen molar-refractivity contribution in [2.24, 2.45) is 5.92 Å². The van der Waals surface area contributed by atoms with Gasteiger partial charge in [0.15, 0.2) is 0 Å². The van der Waals surface area contributed by atoms with E-state index in [9.17, 15) is 4.79 Å². The van der Waals surface area contributed by atoms with Crippen molar-refractivity contribution in [2.45, 2.75) is 31.7 Å². The first-order valence-electron chi connectivity index (χ1n) is 7.16. The number of thiophene rings is 1. The minimum Gasteiger partial charge on any atom is -0.469 e. The van der Waals surface area contributed by atoms with Gasteiger partial charge in [0.2, 0.25) is 5.91 Å². The number of hydrogen-bond donors (Lipinski definition) is 0. The molecular formula is C16H17NO2S. The van der Waals surface area contributed by atoms with E-state index in [0.29, 0.717) is 11.8 Å². The molecule has 0 unspecified atom stereocenters. The Balaban J connectivity index is 1.51. The van der Waals surface area contributed by atoms with E-state index in [-0.39, 0.29) is 12.0 Å². The van der Waals surface area contributed by atoms with Crippen LogP contribution in [-0.2, 0) is 11.2 Å². The van der Waals surface area contributed by atoms with Gasteiger partial charge in [-0.1, -0.05) is 0 Å². The van der Waals surface area contributed by atoms with Crippen LogP contribution in [0, 0.1) is 5.92 Å². The highest BCUT2D eigenvalue weighted by Gasteiger charge is 2.48. The molecule has 1 fully saturated rings. The first kappa shape index (κ1) is 12.2. The molecule has 1 amide bonds. The highest BCUT2D eigenvalue weighted by molar-refractivity contribution is 7.10. The molecule has 1 aliphatic carbocycles. The quantitative estimate of drug-likeness (QED) is 0.845. The lowest BCUT2D eigenvalue weighted by Gasteiger charge is -2.34. The zero-order valence-electron chi connectivity index (χ0n) is 11.4. The van der Waals surface area contributed by atoms with Crippen LogP contribution in [0.2, 0.25) is 0 Å². The molecule has 2 aromatic heterocycles. The number of amides is 1. The summed E-state index contributed by atoms with van der Waals surface area (Å²) in [5.41, 5.74) is 1.34. The van der Waals surface area contributed by atoms with Gasteiger partial charge in [-0.25, -0.2) is 0 Å². The fraction of sp³-hybridized carbons (Fsp3) is 0.438. The van der Waals surface area contributed by atoms with Crippen molar-refractivity contribution in [1.29, 1.82) is 0 Å². The molecule has 0 saturated heterocycles. The van der Waals surface area contributed by atoms with Crippen molar-refractivity contribution >= 4 is 17.2 Å². The standard InChI is InChI=1S/C16H17NO2S/c1-10-11-5-8-20-15(11)4-6-17(10)16(18)13-9-12(13)14-3-2-7-19-14/h2-3,5,7-8,10,12-13H,4,6,9H2,1H3/t10-,12+,13-/m1/s1. The SMILES string of the molecule is C[C@@H]1c2ccsc2CCN1C(=O)[C@@H]1C[C@@H]1c1ccco1. The second-order valence-corrected chi connectivity index (χ2v) is 6.72. The Hall–Kier alpha value is -1.55. The van der Waals surface area contributed by atoms with Crippen LogP contribution in [0.4, 0.5) is 0 Å². The lowest BCUT2D eigenvalue weighted by Crippen LogP contribution is -2.39. The summed E-state index contributed by atoms with van der Waals surface area (Å²) in [6.07, 6.45) is 3.63. The summed E-state index contributed by atoms with van der Waals surface area (Å²) >= 11 is 1.81. The van der Waals surface area contributed by atoms with Crippen LogP contribution in [0.25, 0.3) is 0 Å². The van der Waals surface area contributed by atoms with E-state index in [4.69, 9.17) is 4.42 Å². The Morgan fingerprint density at radius 3 is 3.15 bits per heavy atom. The van der Waals surface area contributed by atoms with Gasteiger partial charge in [0.25, 0.3) is 0 Å². The number of fused-ring (bicyclic) bond motifs is 1. The second-order valence-electron chi connectivity index (χ2n) is 5.72. The molecule has 104 valence electrons. The fourth-order valence-corrected chi connectivity index (χ4v) is 4.27. The molecule has 1 saturated carbocycles. The van der Waals surface area contributed by atoms with Crippen LogP contribution in [0.5, 0.6) is 0 Å². The molecule has 4 rings (SSSR count). The smallest absolute Gasteiger partial charge is 0.226 e. The van der Waals surface area contributed by atoms with Crippen molar-refractivity contribution in [3.8, 4) is 0 Å². The normalized spacial score (nSPS) is 28.2. The number of nitrogens with zero attached hydrogens (tertiary/aromatic N) is 1. The van der Waals surface area contributed by atoms with Crippen molar-refractivity contribution in [2.75, 3.05) is 6.54 Å². The van der Waals surface area contributed by atoms with Gasteiger partial charge in [-0.2, -0.15) is 0 Å². The molecular weight excluding hydrogens is 270 g/mol. The largest absolute Gasteiger partial charge is 0.469 e. The van der Waals surface area contributed by atoms with E-state index in [1.54, 1.807) is 6.26 Å². The number of furan rings is 1. The van der Waals surface area contributed by atoms with Crippen molar-refractivity contribution in [3.05, 3.63) is 46.0 Å². The van der Waals surface area contributed by atoms with E-state index in [1.807, 2.05) is 23.5 Å². The van der Waals surface area contributed by atoms with Gasteiger partial charge in [-0.05, 0) is 48.9 Å². The summed E-state index contributed by atoms with van der Waals surface area (Å²) < 4.78 is 5.43. The molecule has 0 bridgehead atoms. The van der Waals surface area contributed by atoms with Crippen LogP contribution in [0.3, 0.4) is 0 Å². The minimum atomic E-state index is 0.129. The number of rotatable bonds is 2. The van der Waals surface area contributed by atoms with Gasteiger partial charge in [-0.15, -0.1) is 11.3 Å². The first-order valence-corrected chi connectivity index (χ1v) is 8.04. The lowest BCUT2D eigenvalue weighted by molar-refractivity contribution is -0.135. The molecule has 0 spiro atoms.